The molecule has 2 amide bonds. The summed E-state index contributed by atoms with van der Waals surface area (Å²) in [5.74, 6) is 0.172. The van der Waals surface area contributed by atoms with Crippen molar-refractivity contribution in [2.24, 2.45) is 23.7 Å². The molecule has 1 saturated heterocycles. The predicted octanol–water partition coefficient (Wildman–Crippen LogP) is 2.95. The van der Waals surface area contributed by atoms with E-state index in [1.807, 2.05) is 6.07 Å². The minimum absolute atomic E-state index is 0.0798. The van der Waals surface area contributed by atoms with Crippen LogP contribution < -0.4 is 9.64 Å². The third kappa shape index (κ3) is 1.78. The zero-order valence-corrected chi connectivity index (χ0v) is 13.4. The first kappa shape index (κ1) is 14.2. The maximum atomic E-state index is 13.0. The third-order valence-electron chi connectivity index (χ3n) is 5.30. The maximum Gasteiger partial charge on any atom is 0.238 e. The third-order valence-corrected chi connectivity index (χ3v) is 5.30. The first-order valence-electron chi connectivity index (χ1n) is 7.92. The van der Waals surface area contributed by atoms with Crippen molar-refractivity contribution in [1.82, 2.24) is 0 Å². The Morgan fingerprint density at radius 2 is 1.65 bits per heavy atom. The average molecular weight is 309 g/mol. The molecule has 2 aliphatic carbocycles. The Kier molecular flexibility index (Phi) is 2.98. The monoisotopic (exact) mass is 309 g/mol. The van der Waals surface area contributed by atoms with Crippen LogP contribution in [0, 0.1) is 23.7 Å². The summed E-state index contributed by atoms with van der Waals surface area (Å²) in [6.07, 6.45) is 4.21. The molecule has 0 aromatic heterocycles. The van der Waals surface area contributed by atoms with Crippen LogP contribution in [0.3, 0.4) is 0 Å². The Balaban J connectivity index is 1.75. The number of amides is 2. The molecule has 4 heteroatoms. The molecule has 1 aliphatic heterocycles. The van der Waals surface area contributed by atoms with E-state index >= 15 is 0 Å². The van der Waals surface area contributed by atoms with Gasteiger partial charge in [0.1, 0.15) is 5.75 Å². The fraction of sp³-hybridized carbons (Fsp3) is 0.368. The van der Waals surface area contributed by atoms with Gasteiger partial charge in [0.05, 0.1) is 24.6 Å². The van der Waals surface area contributed by atoms with E-state index in [0.29, 0.717) is 11.4 Å². The maximum absolute atomic E-state index is 13.0. The minimum Gasteiger partial charge on any atom is -0.497 e. The molecule has 0 unspecified atom stereocenters. The lowest BCUT2D eigenvalue weighted by Gasteiger charge is -2.19. The van der Waals surface area contributed by atoms with Crippen molar-refractivity contribution in [2.75, 3.05) is 12.0 Å². The summed E-state index contributed by atoms with van der Waals surface area (Å²) in [7, 11) is 1.58. The van der Waals surface area contributed by atoms with Crippen LogP contribution in [-0.4, -0.2) is 18.9 Å². The molecule has 1 heterocycles. The van der Waals surface area contributed by atoms with Crippen molar-refractivity contribution in [1.29, 1.82) is 0 Å². The van der Waals surface area contributed by atoms with Crippen molar-refractivity contribution in [3.63, 3.8) is 0 Å². The van der Waals surface area contributed by atoms with Gasteiger partial charge in [0.25, 0.3) is 0 Å². The second-order valence-corrected chi connectivity index (χ2v) is 6.66. The Hall–Kier alpha value is -2.36. The van der Waals surface area contributed by atoms with Gasteiger partial charge < -0.3 is 4.74 Å². The van der Waals surface area contributed by atoms with Crippen LogP contribution in [0.25, 0.3) is 0 Å². The molecule has 1 aromatic rings. The highest BCUT2D eigenvalue weighted by Crippen LogP contribution is 2.57. The Labute approximate surface area is 135 Å². The van der Waals surface area contributed by atoms with Gasteiger partial charge >= 0.3 is 0 Å². The number of rotatable bonds is 2. The molecule has 4 atom stereocenters. The van der Waals surface area contributed by atoms with E-state index in [2.05, 4.69) is 26.0 Å². The van der Waals surface area contributed by atoms with Crippen LogP contribution in [0.4, 0.5) is 5.69 Å². The van der Waals surface area contributed by atoms with Gasteiger partial charge in [0.15, 0.2) is 0 Å². The molecule has 4 nitrogen and oxygen atoms in total. The number of allylic oxidation sites excluding steroid dienone is 4. The van der Waals surface area contributed by atoms with Crippen LogP contribution in [0.5, 0.6) is 5.75 Å². The van der Waals surface area contributed by atoms with Gasteiger partial charge in [-0.3, -0.25) is 9.59 Å². The zero-order valence-electron chi connectivity index (χ0n) is 13.4. The van der Waals surface area contributed by atoms with Crippen LogP contribution in [0.1, 0.15) is 13.8 Å². The van der Waals surface area contributed by atoms with Gasteiger partial charge in [-0.1, -0.05) is 29.4 Å². The lowest BCUT2D eigenvalue weighted by atomic mass is 9.85. The summed E-state index contributed by atoms with van der Waals surface area (Å²) >= 11 is 0. The first-order valence-corrected chi connectivity index (χ1v) is 7.92. The standard InChI is InChI=1S/C19H19NO3/c1-10(2)15-13-7-8-14(15)17-16(13)18(21)20(19(17)22)11-5-4-6-12(9-11)23-3/h4-9,13-14,16-17H,1-3H3/t13-,14-,16+,17+/m0/s1. The highest BCUT2D eigenvalue weighted by Gasteiger charge is 2.61. The summed E-state index contributed by atoms with van der Waals surface area (Å²) in [6.45, 7) is 4.14. The molecule has 3 aliphatic rings. The van der Waals surface area contributed by atoms with E-state index in [1.165, 1.54) is 16.0 Å². The average Bonchev–Trinajstić information content (AvgIpc) is 3.17. The Morgan fingerprint density at radius 1 is 1.04 bits per heavy atom. The van der Waals surface area contributed by atoms with Gasteiger partial charge in [-0.05, 0) is 26.0 Å². The molecule has 23 heavy (non-hydrogen) atoms. The molecule has 0 spiro atoms. The highest BCUT2D eigenvalue weighted by atomic mass is 16.5. The summed E-state index contributed by atoms with van der Waals surface area (Å²) in [5, 5.41) is 0. The minimum atomic E-state index is -0.242. The smallest absolute Gasteiger partial charge is 0.238 e. The number of ether oxygens (including phenoxy) is 1. The summed E-state index contributed by atoms with van der Waals surface area (Å²) in [4.78, 5) is 27.3. The number of nitrogens with zero attached hydrogens (tertiary/aromatic N) is 1. The second kappa shape index (κ2) is 4.82. The van der Waals surface area contributed by atoms with E-state index in [4.69, 9.17) is 4.74 Å². The number of carbonyl (C=O) groups is 2. The molecule has 4 rings (SSSR count). The van der Waals surface area contributed by atoms with E-state index < -0.39 is 0 Å². The molecule has 2 bridgehead atoms. The van der Waals surface area contributed by atoms with Gasteiger partial charge in [-0.15, -0.1) is 0 Å². The predicted molar refractivity (Wildman–Crippen MR) is 87.0 cm³/mol. The summed E-state index contributed by atoms with van der Waals surface area (Å²) < 4.78 is 5.21. The number of carbonyl (C=O) groups excluding carboxylic acids is 2. The van der Waals surface area contributed by atoms with Crippen LogP contribution in [0.15, 0.2) is 47.6 Å². The van der Waals surface area contributed by atoms with Gasteiger partial charge in [-0.2, -0.15) is 0 Å². The molecular formula is C19H19NO3. The van der Waals surface area contributed by atoms with Crippen LogP contribution in [0.2, 0.25) is 0 Å². The number of fused-ring (bicyclic) bond motifs is 5. The molecule has 1 aromatic carbocycles. The molecule has 0 radical (unpaired) electrons. The van der Waals surface area contributed by atoms with E-state index in [1.54, 1.807) is 25.3 Å². The van der Waals surface area contributed by atoms with E-state index in [9.17, 15) is 9.59 Å². The Morgan fingerprint density at radius 3 is 2.17 bits per heavy atom. The lowest BCUT2D eigenvalue weighted by Crippen LogP contribution is -2.33. The van der Waals surface area contributed by atoms with Crippen molar-refractivity contribution in [2.45, 2.75) is 13.8 Å². The van der Waals surface area contributed by atoms with E-state index in [0.717, 1.165) is 0 Å². The second-order valence-electron chi connectivity index (χ2n) is 6.66. The van der Waals surface area contributed by atoms with Gasteiger partial charge in [-0.25, -0.2) is 4.90 Å². The fourth-order valence-corrected chi connectivity index (χ4v) is 4.43. The topological polar surface area (TPSA) is 46.6 Å². The number of imide groups is 1. The first-order chi connectivity index (χ1) is 11.0. The van der Waals surface area contributed by atoms with E-state index in [-0.39, 0.29) is 35.5 Å². The zero-order chi connectivity index (χ0) is 16.3. The highest BCUT2D eigenvalue weighted by molar-refractivity contribution is 6.23. The summed E-state index contributed by atoms with van der Waals surface area (Å²) in [5.41, 5.74) is 3.10. The number of benzene rings is 1. The van der Waals surface area contributed by atoms with Gasteiger partial charge in [0.2, 0.25) is 11.8 Å². The number of hydrogen-bond donors (Lipinski definition) is 0. The SMILES string of the molecule is COc1cccc(N2C(=O)[C@H]3[C@H](C2=O)[C@H]2C=C[C@H]3C2=C(C)C)c1. The van der Waals surface area contributed by atoms with Crippen LogP contribution in [-0.2, 0) is 9.59 Å². The summed E-state index contributed by atoms with van der Waals surface area (Å²) in [6, 6.07) is 7.14. The number of methoxy groups -OCH3 is 1. The van der Waals surface area contributed by atoms with Crippen molar-refractivity contribution in [3.8, 4) is 5.75 Å². The molecule has 118 valence electrons. The molecule has 0 N–H and O–H groups in total. The lowest BCUT2D eigenvalue weighted by molar-refractivity contribution is -0.122. The van der Waals surface area contributed by atoms with Crippen molar-refractivity contribution < 1.29 is 14.3 Å². The normalized spacial score (nSPS) is 31.1. The largest absolute Gasteiger partial charge is 0.497 e. The van der Waals surface area contributed by atoms with Crippen molar-refractivity contribution >= 4 is 17.5 Å². The number of anilines is 1. The quantitative estimate of drug-likeness (QED) is 0.623. The van der Waals surface area contributed by atoms with Crippen LogP contribution >= 0.6 is 0 Å². The van der Waals surface area contributed by atoms with Crippen molar-refractivity contribution in [3.05, 3.63) is 47.6 Å². The molecule has 2 fully saturated rings. The fourth-order valence-electron chi connectivity index (χ4n) is 4.43. The van der Waals surface area contributed by atoms with Gasteiger partial charge in [0, 0.05) is 17.9 Å². The Bertz CT molecular complexity index is 739. The molecule has 1 saturated carbocycles. The number of hydrogen-bond acceptors (Lipinski definition) is 3. The molecular weight excluding hydrogens is 290 g/mol.